The van der Waals surface area contributed by atoms with Crippen LogP contribution < -0.4 is 20.4 Å². The van der Waals surface area contributed by atoms with Crippen molar-refractivity contribution >= 4 is 17.2 Å². The van der Waals surface area contributed by atoms with Crippen LogP contribution in [0.4, 0.5) is 11.4 Å². The van der Waals surface area contributed by atoms with Gasteiger partial charge >= 0.3 is 0 Å². The number of carbonyl (C=O) groups excluding carboxylic acids is 1. The number of hydrogen-bond acceptors (Lipinski definition) is 5. The van der Waals surface area contributed by atoms with E-state index >= 15 is 0 Å². The molecule has 0 bridgehead atoms. The van der Waals surface area contributed by atoms with Crippen LogP contribution in [0, 0.1) is 13.8 Å². The summed E-state index contributed by atoms with van der Waals surface area (Å²) in [6.07, 6.45) is 1.54. The third-order valence-electron chi connectivity index (χ3n) is 6.02. The summed E-state index contributed by atoms with van der Waals surface area (Å²) >= 11 is 0. The molecule has 5 nitrogen and oxygen atoms in total. The predicted molar refractivity (Wildman–Crippen MR) is 141 cm³/mol. The van der Waals surface area contributed by atoms with E-state index in [1.165, 1.54) is 0 Å². The van der Waals surface area contributed by atoms with Gasteiger partial charge in [0.05, 0.1) is 0 Å². The van der Waals surface area contributed by atoms with Crippen LogP contribution in [-0.2, 0) is 12.8 Å². The molecule has 5 heteroatoms. The fourth-order valence-electron chi connectivity index (χ4n) is 4.25. The number of rotatable bonds is 11. The second-order valence-electron chi connectivity index (χ2n) is 8.27. The minimum atomic E-state index is -0.0377. The Balaban J connectivity index is 2.08. The number of ketones is 1. The zero-order valence-electron chi connectivity index (χ0n) is 21.2. The first-order valence-corrected chi connectivity index (χ1v) is 12.2. The molecule has 34 heavy (non-hydrogen) atoms. The molecular formula is C29H36N2O3. The van der Waals surface area contributed by atoms with Crippen molar-refractivity contribution in [2.24, 2.45) is 0 Å². The van der Waals surface area contributed by atoms with Crippen LogP contribution in [0.15, 0.2) is 48.5 Å². The summed E-state index contributed by atoms with van der Waals surface area (Å²) < 4.78 is 0. The van der Waals surface area contributed by atoms with Gasteiger partial charge in [-0.25, -0.2) is 0 Å². The van der Waals surface area contributed by atoms with Gasteiger partial charge in [0.15, 0.2) is 17.3 Å². The van der Waals surface area contributed by atoms with Crippen molar-refractivity contribution in [3.05, 3.63) is 81.9 Å². The number of carbonyl (C=O) groups is 1. The van der Waals surface area contributed by atoms with Crippen molar-refractivity contribution in [1.29, 1.82) is 0 Å². The van der Waals surface area contributed by atoms with Gasteiger partial charge < -0.3 is 10.6 Å². The normalized spacial score (nSPS) is 10.6. The highest BCUT2D eigenvalue weighted by atomic mass is 17.2. The molecule has 2 N–H and O–H groups in total. The molecule has 0 saturated heterocycles. The van der Waals surface area contributed by atoms with E-state index in [4.69, 9.17) is 9.78 Å². The van der Waals surface area contributed by atoms with Crippen LogP contribution in [-0.4, -0.2) is 18.9 Å². The van der Waals surface area contributed by atoms with Gasteiger partial charge in [0, 0.05) is 52.3 Å². The van der Waals surface area contributed by atoms with E-state index in [1.54, 1.807) is 0 Å². The van der Waals surface area contributed by atoms with Gasteiger partial charge in [-0.15, -0.1) is 0 Å². The summed E-state index contributed by atoms with van der Waals surface area (Å²) in [6.45, 7) is 13.8. The summed E-state index contributed by atoms with van der Waals surface area (Å²) in [5.74, 6) is 1.27. The monoisotopic (exact) mass is 460 g/mol. The van der Waals surface area contributed by atoms with Gasteiger partial charge in [-0.2, -0.15) is 0 Å². The Bertz CT molecular complexity index is 1140. The first-order chi connectivity index (χ1) is 16.5. The number of anilines is 2. The van der Waals surface area contributed by atoms with Gasteiger partial charge in [-0.3, -0.25) is 14.6 Å². The second kappa shape index (κ2) is 11.6. The highest BCUT2D eigenvalue weighted by Crippen LogP contribution is 2.37. The molecule has 180 valence electrons. The molecule has 0 amide bonds. The summed E-state index contributed by atoms with van der Waals surface area (Å²) in [5, 5.41) is 6.81. The molecule has 0 spiro atoms. The maximum atomic E-state index is 13.4. The lowest BCUT2D eigenvalue weighted by Gasteiger charge is -2.21. The molecule has 0 atom stereocenters. The SMILES string of the molecule is CCNc1ccc(C)c(OOc2c(C)c(C(=O)c3ccccc3)cc(NCC)c2CC)c1CC. The highest BCUT2D eigenvalue weighted by Gasteiger charge is 2.23. The van der Waals surface area contributed by atoms with Gasteiger partial charge in [0.25, 0.3) is 0 Å². The van der Waals surface area contributed by atoms with E-state index in [-0.39, 0.29) is 5.78 Å². The topological polar surface area (TPSA) is 59.6 Å². The molecule has 0 aliphatic rings. The van der Waals surface area contributed by atoms with E-state index in [0.29, 0.717) is 22.6 Å². The van der Waals surface area contributed by atoms with E-state index in [0.717, 1.165) is 59.6 Å². The zero-order valence-corrected chi connectivity index (χ0v) is 21.2. The Morgan fingerprint density at radius 2 is 1.35 bits per heavy atom. The van der Waals surface area contributed by atoms with Crippen LogP contribution in [0.1, 0.15) is 65.9 Å². The Kier molecular flexibility index (Phi) is 8.58. The lowest BCUT2D eigenvalue weighted by atomic mass is 9.94. The lowest BCUT2D eigenvalue weighted by molar-refractivity contribution is -0.102. The maximum Gasteiger partial charge on any atom is 0.193 e. The average Bonchev–Trinajstić information content (AvgIpc) is 2.85. The molecule has 0 saturated carbocycles. The van der Waals surface area contributed by atoms with Crippen molar-refractivity contribution in [3.8, 4) is 11.5 Å². The van der Waals surface area contributed by atoms with Gasteiger partial charge in [-0.1, -0.05) is 50.2 Å². The van der Waals surface area contributed by atoms with E-state index in [1.807, 2.05) is 63.2 Å². The molecule has 3 aromatic rings. The summed E-state index contributed by atoms with van der Waals surface area (Å²) in [5.41, 5.74) is 7.01. The molecule has 0 aliphatic heterocycles. The van der Waals surface area contributed by atoms with Gasteiger partial charge in [-0.05, 0) is 58.2 Å². The third kappa shape index (κ3) is 5.19. The second-order valence-corrected chi connectivity index (χ2v) is 8.27. The Morgan fingerprint density at radius 3 is 1.97 bits per heavy atom. The number of nitrogens with one attached hydrogen (secondary N) is 2. The van der Waals surface area contributed by atoms with E-state index in [9.17, 15) is 4.79 Å². The molecule has 0 unspecified atom stereocenters. The van der Waals surface area contributed by atoms with Crippen molar-refractivity contribution < 1.29 is 14.6 Å². The number of hydrogen-bond donors (Lipinski definition) is 2. The molecule has 0 aliphatic carbocycles. The first kappa shape index (κ1) is 25.2. The third-order valence-corrected chi connectivity index (χ3v) is 6.02. The van der Waals surface area contributed by atoms with E-state index < -0.39 is 0 Å². The Labute approximate surface area is 203 Å². The molecule has 0 fully saturated rings. The number of benzene rings is 3. The van der Waals surface area contributed by atoms with Gasteiger partial charge in [0.2, 0.25) is 0 Å². The van der Waals surface area contributed by atoms with Crippen LogP contribution in [0.3, 0.4) is 0 Å². The first-order valence-electron chi connectivity index (χ1n) is 12.2. The molecular weight excluding hydrogens is 424 g/mol. The van der Waals surface area contributed by atoms with Crippen molar-refractivity contribution in [2.45, 2.75) is 54.4 Å². The molecule has 3 aromatic carbocycles. The Hall–Kier alpha value is -3.47. The lowest BCUT2D eigenvalue weighted by Crippen LogP contribution is -2.14. The highest BCUT2D eigenvalue weighted by molar-refractivity contribution is 6.11. The van der Waals surface area contributed by atoms with Crippen LogP contribution in [0.25, 0.3) is 0 Å². The summed E-state index contributed by atoms with van der Waals surface area (Å²) in [4.78, 5) is 25.5. The zero-order chi connectivity index (χ0) is 24.7. The largest absolute Gasteiger partial charge is 0.385 e. The fraction of sp³-hybridized carbons (Fsp3) is 0.345. The van der Waals surface area contributed by atoms with Crippen molar-refractivity contribution in [1.82, 2.24) is 0 Å². The van der Waals surface area contributed by atoms with Crippen molar-refractivity contribution in [2.75, 3.05) is 23.7 Å². The summed E-state index contributed by atoms with van der Waals surface area (Å²) in [6, 6.07) is 15.4. The standard InChI is InChI=1S/C29H36N2O3/c1-7-22-25(30-9-3)17-16-19(5)28(22)33-34-29-20(6)24(18-26(31-10-4)23(29)8-2)27(32)21-14-12-11-13-15-21/h11-18,30-31H,7-10H2,1-6H3. The maximum absolute atomic E-state index is 13.4. The minimum absolute atomic E-state index is 0.0377. The van der Waals surface area contributed by atoms with Crippen LogP contribution >= 0.6 is 0 Å². The minimum Gasteiger partial charge on any atom is -0.385 e. The molecule has 0 radical (unpaired) electrons. The van der Waals surface area contributed by atoms with Crippen LogP contribution in [0.2, 0.25) is 0 Å². The van der Waals surface area contributed by atoms with Crippen LogP contribution in [0.5, 0.6) is 11.5 Å². The van der Waals surface area contributed by atoms with E-state index in [2.05, 4.69) is 37.5 Å². The number of aryl methyl sites for hydroxylation is 1. The van der Waals surface area contributed by atoms with Crippen molar-refractivity contribution in [3.63, 3.8) is 0 Å². The molecule has 0 aromatic heterocycles. The smallest absolute Gasteiger partial charge is 0.193 e. The molecule has 3 rings (SSSR count). The average molecular weight is 461 g/mol. The van der Waals surface area contributed by atoms with Gasteiger partial charge in [0.1, 0.15) is 0 Å². The fourth-order valence-corrected chi connectivity index (χ4v) is 4.25. The Morgan fingerprint density at radius 1 is 0.765 bits per heavy atom. The quantitative estimate of drug-likeness (QED) is 0.185. The molecule has 0 heterocycles. The predicted octanol–water partition coefficient (Wildman–Crippen LogP) is 6.90. The summed E-state index contributed by atoms with van der Waals surface area (Å²) in [7, 11) is 0.